The average Bonchev–Trinajstić information content (AvgIpc) is 2.76. The minimum absolute atomic E-state index is 0.406. The molecule has 2 aromatic rings. The number of anilines is 1. The molecule has 0 radical (unpaired) electrons. The topological polar surface area (TPSA) is 49.3 Å². The average molecular weight is 359 g/mol. The molecule has 0 aliphatic rings. The number of carboxylic acids is 1. The summed E-state index contributed by atoms with van der Waals surface area (Å²) in [6.45, 7) is 0.533. The van der Waals surface area contributed by atoms with Crippen LogP contribution in [0.3, 0.4) is 0 Å². The standard InChI is InChI=1S/C12H10INO2S/c13-9-1-3-10(4-2-9)14-7-8-5-6-17-11(8)12(15)16/h1-6,14H,7H2,(H,15,16). The van der Waals surface area contributed by atoms with E-state index in [0.717, 1.165) is 11.3 Å². The van der Waals surface area contributed by atoms with Crippen molar-refractivity contribution in [3.05, 3.63) is 49.7 Å². The van der Waals surface area contributed by atoms with Crippen LogP contribution in [0.25, 0.3) is 0 Å². The Bertz CT molecular complexity index is 522. The minimum Gasteiger partial charge on any atom is -0.477 e. The first-order chi connectivity index (χ1) is 8.16. The summed E-state index contributed by atoms with van der Waals surface area (Å²) < 4.78 is 1.18. The second-order valence-electron chi connectivity index (χ2n) is 3.44. The Hall–Kier alpha value is -1.08. The van der Waals surface area contributed by atoms with Gasteiger partial charge in [0.15, 0.2) is 0 Å². The Balaban J connectivity index is 2.05. The lowest BCUT2D eigenvalue weighted by atomic mass is 10.2. The van der Waals surface area contributed by atoms with Crippen LogP contribution >= 0.6 is 33.9 Å². The number of halogens is 1. The van der Waals surface area contributed by atoms with Crippen LogP contribution < -0.4 is 5.32 Å². The molecule has 1 aromatic carbocycles. The third-order valence-corrected chi connectivity index (χ3v) is 3.93. The molecule has 0 spiro atoms. The molecule has 0 fully saturated rings. The van der Waals surface area contributed by atoms with Crippen LogP contribution in [-0.2, 0) is 6.54 Å². The monoisotopic (exact) mass is 359 g/mol. The Labute approximate surface area is 117 Å². The van der Waals surface area contributed by atoms with E-state index in [4.69, 9.17) is 5.11 Å². The van der Waals surface area contributed by atoms with Crippen molar-refractivity contribution in [2.75, 3.05) is 5.32 Å². The number of thiophene rings is 1. The lowest BCUT2D eigenvalue weighted by Gasteiger charge is -2.06. The van der Waals surface area contributed by atoms with Gasteiger partial charge in [-0.2, -0.15) is 0 Å². The number of nitrogens with one attached hydrogen (secondary N) is 1. The fourth-order valence-electron chi connectivity index (χ4n) is 1.43. The van der Waals surface area contributed by atoms with Crippen LogP contribution in [0.5, 0.6) is 0 Å². The molecule has 0 aliphatic heterocycles. The number of carbonyl (C=O) groups is 1. The molecule has 0 atom stereocenters. The lowest BCUT2D eigenvalue weighted by molar-refractivity contribution is 0.0701. The van der Waals surface area contributed by atoms with Crippen molar-refractivity contribution >= 4 is 45.6 Å². The summed E-state index contributed by atoms with van der Waals surface area (Å²) in [6.07, 6.45) is 0. The van der Waals surface area contributed by atoms with Gasteiger partial charge in [-0.1, -0.05) is 0 Å². The van der Waals surface area contributed by atoms with Gasteiger partial charge in [-0.25, -0.2) is 4.79 Å². The van der Waals surface area contributed by atoms with Crippen molar-refractivity contribution < 1.29 is 9.90 Å². The first-order valence-electron chi connectivity index (χ1n) is 4.96. The maximum absolute atomic E-state index is 10.9. The van der Waals surface area contributed by atoms with E-state index < -0.39 is 5.97 Å². The quantitative estimate of drug-likeness (QED) is 0.820. The fraction of sp³-hybridized carbons (Fsp3) is 0.0833. The van der Waals surface area contributed by atoms with E-state index in [1.54, 1.807) is 5.38 Å². The SMILES string of the molecule is O=C(O)c1sccc1CNc1ccc(I)cc1. The van der Waals surface area contributed by atoms with Gasteiger partial charge in [0.05, 0.1) is 0 Å². The second kappa shape index (κ2) is 5.50. The predicted molar refractivity (Wildman–Crippen MR) is 77.8 cm³/mol. The molecule has 1 heterocycles. The van der Waals surface area contributed by atoms with Crippen LogP contribution in [0.2, 0.25) is 0 Å². The summed E-state index contributed by atoms with van der Waals surface area (Å²) in [4.78, 5) is 11.3. The molecule has 3 nitrogen and oxygen atoms in total. The van der Waals surface area contributed by atoms with E-state index in [9.17, 15) is 4.79 Å². The summed E-state index contributed by atoms with van der Waals surface area (Å²) in [5, 5.41) is 14.0. The molecule has 88 valence electrons. The third-order valence-electron chi connectivity index (χ3n) is 2.27. The van der Waals surface area contributed by atoms with E-state index in [1.165, 1.54) is 14.9 Å². The zero-order chi connectivity index (χ0) is 12.3. The summed E-state index contributed by atoms with van der Waals surface area (Å²) in [6, 6.07) is 9.82. The summed E-state index contributed by atoms with van der Waals surface area (Å²) in [7, 11) is 0. The third kappa shape index (κ3) is 3.19. The van der Waals surface area contributed by atoms with Crippen molar-refractivity contribution in [2.24, 2.45) is 0 Å². The van der Waals surface area contributed by atoms with Gasteiger partial charge < -0.3 is 10.4 Å². The van der Waals surface area contributed by atoms with Gasteiger partial charge in [0.25, 0.3) is 0 Å². The Morgan fingerprint density at radius 1 is 1.29 bits per heavy atom. The summed E-state index contributed by atoms with van der Waals surface area (Å²) >= 11 is 3.50. The maximum Gasteiger partial charge on any atom is 0.346 e. The molecule has 0 aliphatic carbocycles. The molecule has 17 heavy (non-hydrogen) atoms. The van der Waals surface area contributed by atoms with Gasteiger partial charge >= 0.3 is 5.97 Å². The summed E-state index contributed by atoms with van der Waals surface area (Å²) in [5.74, 6) is -0.862. The normalized spacial score (nSPS) is 10.2. The maximum atomic E-state index is 10.9. The van der Waals surface area contributed by atoms with Gasteiger partial charge in [0, 0.05) is 15.8 Å². The van der Waals surface area contributed by atoms with E-state index in [0.29, 0.717) is 11.4 Å². The molecule has 0 saturated carbocycles. The highest BCUT2D eigenvalue weighted by molar-refractivity contribution is 14.1. The van der Waals surface area contributed by atoms with Crippen molar-refractivity contribution in [3.63, 3.8) is 0 Å². The van der Waals surface area contributed by atoms with Crippen molar-refractivity contribution in [1.82, 2.24) is 0 Å². The van der Waals surface area contributed by atoms with Gasteiger partial charge in [-0.15, -0.1) is 11.3 Å². The van der Waals surface area contributed by atoms with E-state index >= 15 is 0 Å². The predicted octanol–water partition coefficient (Wildman–Crippen LogP) is 3.66. The van der Waals surface area contributed by atoms with Gasteiger partial charge in [0.1, 0.15) is 4.88 Å². The number of hydrogen-bond acceptors (Lipinski definition) is 3. The highest BCUT2D eigenvalue weighted by atomic mass is 127. The smallest absolute Gasteiger partial charge is 0.346 e. The van der Waals surface area contributed by atoms with Crippen LogP contribution in [0.4, 0.5) is 5.69 Å². The first kappa shape index (κ1) is 12.4. The molecule has 0 amide bonds. The molecule has 0 saturated heterocycles. The zero-order valence-corrected chi connectivity index (χ0v) is 11.8. The highest BCUT2D eigenvalue weighted by Gasteiger charge is 2.10. The molecule has 5 heteroatoms. The minimum atomic E-state index is -0.862. The molecule has 2 rings (SSSR count). The Morgan fingerprint density at radius 3 is 2.65 bits per heavy atom. The van der Waals surface area contributed by atoms with Crippen LogP contribution in [0.15, 0.2) is 35.7 Å². The van der Waals surface area contributed by atoms with Crippen LogP contribution in [0, 0.1) is 3.57 Å². The van der Waals surface area contributed by atoms with Crippen molar-refractivity contribution in [2.45, 2.75) is 6.54 Å². The fourth-order valence-corrected chi connectivity index (χ4v) is 2.55. The number of rotatable bonds is 4. The number of benzene rings is 1. The molecule has 2 N–H and O–H groups in total. The van der Waals surface area contributed by atoms with Crippen LogP contribution in [0.1, 0.15) is 15.2 Å². The number of hydrogen-bond donors (Lipinski definition) is 2. The van der Waals surface area contributed by atoms with E-state index in [2.05, 4.69) is 27.9 Å². The van der Waals surface area contributed by atoms with E-state index in [1.807, 2.05) is 30.3 Å². The zero-order valence-electron chi connectivity index (χ0n) is 8.81. The van der Waals surface area contributed by atoms with Gasteiger partial charge in [-0.3, -0.25) is 0 Å². The van der Waals surface area contributed by atoms with Crippen LogP contribution in [-0.4, -0.2) is 11.1 Å². The van der Waals surface area contributed by atoms with Gasteiger partial charge in [0.2, 0.25) is 0 Å². The number of carboxylic acid groups (broad SMARTS) is 1. The second-order valence-corrected chi connectivity index (χ2v) is 5.60. The molecular formula is C12H10INO2S. The molecular weight excluding hydrogens is 349 g/mol. The molecule has 0 bridgehead atoms. The Morgan fingerprint density at radius 2 is 2.00 bits per heavy atom. The highest BCUT2D eigenvalue weighted by Crippen LogP contribution is 2.19. The van der Waals surface area contributed by atoms with Crippen molar-refractivity contribution in [1.29, 1.82) is 0 Å². The first-order valence-corrected chi connectivity index (χ1v) is 6.92. The molecule has 0 unspecified atom stereocenters. The van der Waals surface area contributed by atoms with Gasteiger partial charge in [-0.05, 0) is 63.9 Å². The van der Waals surface area contributed by atoms with E-state index in [-0.39, 0.29) is 0 Å². The summed E-state index contributed by atoms with van der Waals surface area (Å²) in [5.41, 5.74) is 1.81. The lowest BCUT2D eigenvalue weighted by Crippen LogP contribution is -2.03. The largest absolute Gasteiger partial charge is 0.477 e. The number of aromatic carboxylic acids is 1. The Kier molecular flexibility index (Phi) is 4.01. The molecule has 1 aromatic heterocycles. The van der Waals surface area contributed by atoms with Crippen molar-refractivity contribution in [3.8, 4) is 0 Å².